The van der Waals surface area contributed by atoms with Gasteiger partial charge in [-0.25, -0.2) is 9.59 Å². The fourth-order valence-electron chi connectivity index (χ4n) is 1.99. The van der Waals surface area contributed by atoms with Crippen LogP contribution in [0.3, 0.4) is 0 Å². The average Bonchev–Trinajstić information content (AvgIpc) is 2.39. The van der Waals surface area contributed by atoms with Gasteiger partial charge in [0, 0.05) is 0 Å². The van der Waals surface area contributed by atoms with Crippen molar-refractivity contribution in [3.63, 3.8) is 0 Å². The molecule has 0 aliphatic carbocycles. The molecule has 26 heavy (non-hydrogen) atoms. The van der Waals surface area contributed by atoms with Crippen LogP contribution in [0.25, 0.3) is 0 Å². The second-order valence-electron chi connectivity index (χ2n) is 8.35. The van der Waals surface area contributed by atoms with Crippen LogP contribution in [0, 0.1) is 5.92 Å². The highest BCUT2D eigenvalue weighted by molar-refractivity contribution is 7.54. The molecule has 0 bridgehead atoms. The standard InChI is InChI=1S/C17H34NO7P/c1-11(2)13(18-15(20)23-16(4,5)6)26(21,25-17(7,8)9)24-12(3)14(19)22-10/h11-13H,1-10H3,(H,18,20)/t12-,13?,26?/m0/s1. The van der Waals surface area contributed by atoms with Crippen molar-refractivity contribution >= 4 is 19.7 Å². The van der Waals surface area contributed by atoms with Crippen molar-refractivity contribution in [2.45, 2.75) is 85.4 Å². The lowest BCUT2D eigenvalue weighted by Gasteiger charge is -2.35. The van der Waals surface area contributed by atoms with Crippen LogP contribution in [0.1, 0.15) is 62.3 Å². The Morgan fingerprint density at radius 3 is 1.81 bits per heavy atom. The summed E-state index contributed by atoms with van der Waals surface area (Å²) in [4.78, 5) is 23.9. The van der Waals surface area contributed by atoms with E-state index in [2.05, 4.69) is 10.1 Å². The zero-order chi connectivity index (χ0) is 20.9. The number of carbonyl (C=O) groups is 2. The van der Waals surface area contributed by atoms with E-state index in [1.54, 1.807) is 55.4 Å². The summed E-state index contributed by atoms with van der Waals surface area (Å²) >= 11 is 0. The number of amides is 1. The maximum absolute atomic E-state index is 13.6. The molecule has 0 aromatic heterocycles. The van der Waals surface area contributed by atoms with Gasteiger partial charge in [-0.15, -0.1) is 0 Å². The number of carbonyl (C=O) groups excluding carboxylic acids is 2. The Labute approximate surface area is 156 Å². The Kier molecular flexibility index (Phi) is 8.81. The van der Waals surface area contributed by atoms with Gasteiger partial charge >= 0.3 is 19.7 Å². The highest BCUT2D eigenvalue weighted by Crippen LogP contribution is 2.58. The number of hydrogen-bond donors (Lipinski definition) is 1. The van der Waals surface area contributed by atoms with E-state index in [-0.39, 0.29) is 5.92 Å². The van der Waals surface area contributed by atoms with Gasteiger partial charge in [0.15, 0.2) is 6.10 Å². The molecule has 0 radical (unpaired) electrons. The first-order valence-electron chi connectivity index (χ1n) is 8.57. The molecule has 1 amide bonds. The van der Waals surface area contributed by atoms with Crippen molar-refractivity contribution < 1.29 is 32.7 Å². The Hall–Kier alpha value is -1.11. The topological polar surface area (TPSA) is 100 Å². The first-order chi connectivity index (χ1) is 11.5. The summed E-state index contributed by atoms with van der Waals surface area (Å²) in [6.45, 7) is 15.2. The molecule has 0 saturated heterocycles. The third kappa shape index (κ3) is 9.01. The molecule has 1 N–H and O–H groups in total. The molecule has 0 aromatic rings. The summed E-state index contributed by atoms with van der Waals surface area (Å²) in [5.41, 5.74) is -1.56. The minimum Gasteiger partial charge on any atom is -0.467 e. The van der Waals surface area contributed by atoms with Gasteiger partial charge in [-0.3, -0.25) is 9.09 Å². The maximum atomic E-state index is 13.6. The Bertz CT molecular complexity index is 534. The zero-order valence-corrected chi connectivity index (χ0v) is 18.4. The molecule has 0 aliphatic heterocycles. The van der Waals surface area contributed by atoms with Gasteiger partial charge in [0.25, 0.3) is 0 Å². The SMILES string of the molecule is COC(=O)[C@H](C)OP(=O)(OC(C)(C)C)C(NC(=O)OC(C)(C)C)C(C)C. The average molecular weight is 395 g/mol. The van der Waals surface area contributed by atoms with Crippen molar-refractivity contribution in [3.8, 4) is 0 Å². The predicted octanol–water partition coefficient (Wildman–Crippen LogP) is 4.08. The fraction of sp³-hybridized carbons (Fsp3) is 0.882. The molecule has 0 fully saturated rings. The summed E-state index contributed by atoms with van der Waals surface area (Å²) in [6.07, 6.45) is -1.88. The van der Waals surface area contributed by atoms with Gasteiger partial charge in [0.1, 0.15) is 11.4 Å². The lowest BCUT2D eigenvalue weighted by atomic mass is 10.2. The normalized spacial score (nSPS) is 17.2. The molecule has 0 heterocycles. The highest BCUT2D eigenvalue weighted by atomic mass is 31.2. The molecule has 0 rings (SSSR count). The Morgan fingerprint density at radius 1 is 0.962 bits per heavy atom. The van der Waals surface area contributed by atoms with Crippen LogP contribution in [0.15, 0.2) is 0 Å². The van der Waals surface area contributed by atoms with Crippen molar-refractivity contribution in [1.29, 1.82) is 0 Å². The van der Waals surface area contributed by atoms with E-state index < -0.39 is 42.7 Å². The molecule has 0 saturated carbocycles. The molecule has 0 aliphatic rings. The molecular weight excluding hydrogens is 361 g/mol. The predicted molar refractivity (Wildman–Crippen MR) is 99.0 cm³/mol. The van der Waals surface area contributed by atoms with Gasteiger partial charge < -0.3 is 19.3 Å². The Balaban J connectivity index is 5.72. The maximum Gasteiger partial charge on any atom is 0.408 e. The molecule has 154 valence electrons. The minimum absolute atomic E-state index is 0.319. The minimum atomic E-state index is -3.96. The van der Waals surface area contributed by atoms with Gasteiger partial charge in [-0.2, -0.15) is 0 Å². The molecule has 3 atom stereocenters. The third-order valence-corrected chi connectivity index (χ3v) is 5.70. The van der Waals surface area contributed by atoms with E-state index >= 15 is 0 Å². The lowest BCUT2D eigenvalue weighted by Crippen LogP contribution is -2.44. The summed E-state index contributed by atoms with van der Waals surface area (Å²) in [5.74, 6) is -2.02. The number of hydrogen-bond acceptors (Lipinski definition) is 7. The largest absolute Gasteiger partial charge is 0.467 e. The number of nitrogens with one attached hydrogen (secondary N) is 1. The summed E-state index contributed by atoms with van der Waals surface area (Å²) < 4.78 is 34.7. The lowest BCUT2D eigenvalue weighted by molar-refractivity contribution is -0.148. The number of rotatable bonds is 7. The van der Waals surface area contributed by atoms with E-state index in [1.165, 1.54) is 14.0 Å². The van der Waals surface area contributed by atoms with Crippen LogP contribution in [0.5, 0.6) is 0 Å². The van der Waals surface area contributed by atoms with Crippen LogP contribution in [-0.4, -0.2) is 42.3 Å². The van der Waals surface area contributed by atoms with Crippen molar-refractivity contribution in [1.82, 2.24) is 5.32 Å². The molecule has 9 heteroatoms. The molecular formula is C17H34NO7P. The Morgan fingerprint density at radius 2 is 1.46 bits per heavy atom. The van der Waals surface area contributed by atoms with E-state index in [1.807, 2.05) is 0 Å². The third-order valence-electron chi connectivity index (χ3n) is 2.88. The zero-order valence-electron chi connectivity index (χ0n) is 17.5. The van der Waals surface area contributed by atoms with Gasteiger partial charge in [0.05, 0.1) is 12.7 Å². The van der Waals surface area contributed by atoms with E-state index in [4.69, 9.17) is 13.8 Å². The molecule has 0 aromatic carbocycles. The number of methoxy groups -OCH3 is 1. The first-order valence-corrected chi connectivity index (χ1v) is 10.2. The van der Waals surface area contributed by atoms with Crippen LogP contribution in [-0.2, 0) is 27.9 Å². The number of alkyl carbamates (subject to hydrolysis) is 1. The van der Waals surface area contributed by atoms with E-state index in [0.29, 0.717) is 0 Å². The van der Waals surface area contributed by atoms with Crippen molar-refractivity contribution in [3.05, 3.63) is 0 Å². The fourth-order valence-corrected chi connectivity index (χ4v) is 4.57. The van der Waals surface area contributed by atoms with Gasteiger partial charge in [-0.05, 0) is 54.4 Å². The summed E-state index contributed by atoms with van der Waals surface area (Å²) in [5, 5.41) is 2.57. The van der Waals surface area contributed by atoms with E-state index in [9.17, 15) is 14.2 Å². The number of esters is 1. The van der Waals surface area contributed by atoms with Crippen LogP contribution in [0.2, 0.25) is 0 Å². The summed E-state index contributed by atoms with van der Waals surface area (Å²) in [6, 6.07) is 0. The second-order valence-corrected chi connectivity index (χ2v) is 10.4. The number of ether oxygens (including phenoxy) is 2. The van der Waals surface area contributed by atoms with Crippen LogP contribution < -0.4 is 5.32 Å². The smallest absolute Gasteiger partial charge is 0.408 e. The van der Waals surface area contributed by atoms with E-state index in [0.717, 1.165) is 0 Å². The van der Waals surface area contributed by atoms with Crippen LogP contribution >= 0.6 is 7.60 Å². The summed E-state index contributed by atoms with van der Waals surface area (Å²) in [7, 11) is -2.76. The monoisotopic (exact) mass is 395 g/mol. The quantitative estimate of drug-likeness (QED) is 0.512. The highest BCUT2D eigenvalue weighted by Gasteiger charge is 2.45. The molecule has 8 nitrogen and oxygen atoms in total. The first kappa shape index (κ1) is 24.9. The van der Waals surface area contributed by atoms with Crippen molar-refractivity contribution in [2.75, 3.05) is 7.11 Å². The molecule has 0 spiro atoms. The van der Waals surface area contributed by atoms with Crippen LogP contribution in [0.4, 0.5) is 4.79 Å². The second kappa shape index (κ2) is 9.20. The van der Waals surface area contributed by atoms with Crippen molar-refractivity contribution in [2.24, 2.45) is 5.92 Å². The van der Waals surface area contributed by atoms with Gasteiger partial charge in [-0.1, -0.05) is 13.8 Å². The van der Waals surface area contributed by atoms with Gasteiger partial charge in [0.2, 0.25) is 0 Å². The molecule has 2 unspecified atom stereocenters.